The molecule has 1 atom stereocenters. The molecule has 0 aliphatic carbocycles. The van der Waals surface area contributed by atoms with Crippen molar-refractivity contribution in [3.63, 3.8) is 0 Å². The van der Waals surface area contributed by atoms with Crippen LogP contribution in [0.2, 0.25) is 0 Å². The summed E-state index contributed by atoms with van der Waals surface area (Å²) in [4.78, 5) is 4.28. The molecule has 0 fully saturated rings. The number of halogens is 1. The molecule has 2 rings (SSSR count). The molecule has 0 spiro atoms. The van der Waals surface area contributed by atoms with Gasteiger partial charge in [-0.15, -0.1) is 0 Å². The standard InChI is InChI=1S/C14H15BrN2/c1-9-5-12(7-13(15)6-9)14(16)11-4-3-10(2)17-8-11/h3-8,14H,16H2,1-2H3. The van der Waals surface area contributed by atoms with Crippen LogP contribution in [-0.2, 0) is 0 Å². The first-order chi connectivity index (χ1) is 8.06. The summed E-state index contributed by atoms with van der Waals surface area (Å²) < 4.78 is 1.06. The van der Waals surface area contributed by atoms with E-state index in [2.05, 4.69) is 46.0 Å². The number of nitrogens with two attached hydrogens (primary N) is 1. The van der Waals surface area contributed by atoms with Gasteiger partial charge in [-0.1, -0.05) is 28.1 Å². The van der Waals surface area contributed by atoms with Crippen LogP contribution in [-0.4, -0.2) is 4.98 Å². The van der Waals surface area contributed by atoms with Gasteiger partial charge in [0.05, 0.1) is 6.04 Å². The smallest absolute Gasteiger partial charge is 0.0567 e. The average molecular weight is 291 g/mol. The molecule has 17 heavy (non-hydrogen) atoms. The lowest BCUT2D eigenvalue weighted by atomic mass is 9.99. The first kappa shape index (κ1) is 12.3. The zero-order chi connectivity index (χ0) is 12.4. The predicted molar refractivity (Wildman–Crippen MR) is 73.9 cm³/mol. The molecule has 0 saturated carbocycles. The summed E-state index contributed by atoms with van der Waals surface area (Å²) >= 11 is 3.49. The fourth-order valence-corrected chi connectivity index (χ4v) is 2.43. The van der Waals surface area contributed by atoms with E-state index >= 15 is 0 Å². The number of nitrogens with zero attached hydrogens (tertiary/aromatic N) is 1. The fourth-order valence-electron chi connectivity index (χ4n) is 1.80. The summed E-state index contributed by atoms with van der Waals surface area (Å²) in [6.45, 7) is 4.03. The highest BCUT2D eigenvalue weighted by Gasteiger charge is 2.10. The first-order valence-electron chi connectivity index (χ1n) is 5.51. The number of aromatic nitrogens is 1. The van der Waals surface area contributed by atoms with Crippen molar-refractivity contribution < 1.29 is 0 Å². The molecule has 0 aliphatic heterocycles. The molecule has 2 nitrogen and oxygen atoms in total. The second-order valence-corrected chi connectivity index (χ2v) is 5.19. The molecule has 0 saturated heterocycles. The summed E-state index contributed by atoms with van der Waals surface area (Å²) in [5.74, 6) is 0. The minimum absolute atomic E-state index is 0.126. The molecule has 0 radical (unpaired) electrons. The van der Waals surface area contributed by atoms with Gasteiger partial charge in [0.15, 0.2) is 0 Å². The van der Waals surface area contributed by atoms with Crippen LogP contribution >= 0.6 is 15.9 Å². The average Bonchev–Trinajstić information content (AvgIpc) is 2.28. The minimum Gasteiger partial charge on any atom is -0.320 e. The Balaban J connectivity index is 2.36. The third-order valence-corrected chi connectivity index (χ3v) is 3.17. The van der Waals surface area contributed by atoms with Gasteiger partial charge in [0.1, 0.15) is 0 Å². The SMILES string of the molecule is Cc1cc(Br)cc(C(N)c2ccc(C)nc2)c1. The summed E-state index contributed by atoms with van der Waals surface area (Å²) in [5, 5.41) is 0. The maximum absolute atomic E-state index is 6.24. The molecule has 3 heteroatoms. The number of benzene rings is 1. The fraction of sp³-hybridized carbons (Fsp3) is 0.214. The summed E-state index contributed by atoms with van der Waals surface area (Å²) in [6.07, 6.45) is 1.84. The monoisotopic (exact) mass is 290 g/mol. The number of pyridine rings is 1. The third-order valence-electron chi connectivity index (χ3n) is 2.72. The lowest BCUT2D eigenvalue weighted by Gasteiger charge is -2.13. The van der Waals surface area contributed by atoms with E-state index in [4.69, 9.17) is 5.73 Å². The van der Waals surface area contributed by atoms with Crippen molar-refractivity contribution in [1.29, 1.82) is 0 Å². The van der Waals surface area contributed by atoms with E-state index < -0.39 is 0 Å². The van der Waals surface area contributed by atoms with Crippen LogP contribution < -0.4 is 5.73 Å². The molecule has 0 aliphatic rings. The quantitative estimate of drug-likeness (QED) is 0.919. The molecule has 88 valence electrons. The molecule has 2 aromatic rings. The number of hydrogen-bond donors (Lipinski definition) is 1. The Bertz CT molecular complexity index is 500. The van der Waals surface area contributed by atoms with Crippen LogP contribution in [0.25, 0.3) is 0 Å². The summed E-state index contributed by atoms with van der Waals surface area (Å²) in [6, 6.07) is 10.1. The maximum Gasteiger partial charge on any atom is 0.0567 e. The highest BCUT2D eigenvalue weighted by atomic mass is 79.9. The Labute approximate surface area is 110 Å². The van der Waals surface area contributed by atoms with E-state index in [0.717, 1.165) is 21.3 Å². The second-order valence-electron chi connectivity index (χ2n) is 4.27. The van der Waals surface area contributed by atoms with E-state index in [0.29, 0.717) is 0 Å². The Kier molecular flexibility index (Phi) is 3.60. The number of rotatable bonds is 2. The van der Waals surface area contributed by atoms with Gasteiger partial charge >= 0.3 is 0 Å². The Morgan fingerprint density at radius 3 is 2.47 bits per heavy atom. The predicted octanol–water partition coefficient (Wildman–Crippen LogP) is 3.51. The molecule has 1 unspecified atom stereocenters. The largest absolute Gasteiger partial charge is 0.320 e. The van der Waals surface area contributed by atoms with E-state index in [1.807, 2.05) is 25.3 Å². The second kappa shape index (κ2) is 4.98. The van der Waals surface area contributed by atoms with Crippen molar-refractivity contribution in [3.8, 4) is 0 Å². The van der Waals surface area contributed by atoms with Crippen molar-refractivity contribution in [2.45, 2.75) is 19.9 Å². The van der Waals surface area contributed by atoms with Crippen LogP contribution in [0.1, 0.15) is 28.4 Å². The maximum atomic E-state index is 6.24. The number of hydrogen-bond acceptors (Lipinski definition) is 2. The van der Waals surface area contributed by atoms with Crippen molar-refractivity contribution in [1.82, 2.24) is 4.98 Å². The van der Waals surface area contributed by atoms with Gasteiger partial charge in [0.25, 0.3) is 0 Å². The van der Waals surface area contributed by atoms with Crippen LogP contribution in [0.3, 0.4) is 0 Å². The highest BCUT2D eigenvalue weighted by molar-refractivity contribution is 9.10. The molecule has 1 aromatic carbocycles. The molecule has 0 bridgehead atoms. The van der Waals surface area contributed by atoms with Crippen LogP contribution in [0, 0.1) is 13.8 Å². The van der Waals surface area contributed by atoms with Gasteiger partial charge in [-0.2, -0.15) is 0 Å². The van der Waals surface area contributed by atoms with Crippen molar-refractivity contribution >= 4 is 15.9 Å². The van der Waals surface area contributed by atoms with Crippen LogP contribution in [0.15, 0.2) is 41.0 Å². The highest BCUT2D eigenvalue weighted by Crippen LogP contribution is 2.23. The minimum atomic E-state index is -0.126. The zero-order valence-electron chi connectivity index (χ0n) is 9.94. The molecule has 2 N–H and O–H groups in total. The first-order valence-corrected chi connectivity index (χ1v) is 6.31. The van der Waals surface area contributed by atoms with Gasteiger partial charge in [0.2, 0.25) is 0 Å². The lowest BCUT2D eigenvalue weighted by Crippen LogP contribution is -2.12. The molecular weight excluding hydrogens is 276 g/mol. The number of aryl methyl sites for hydroxylation is 2. The topological polar surface area (TPSA) is 38.9 Å². The summed E-state index contributed by atoms with van der Waals surface area (Å²) in [5.41, 5.74) is 10.6. The van der Waals surface area contributed by atoms with E-state index in [1.54, 1.807) is 0 Å². The molecular formula is C14H15BrN2. The van der Waals surface area contributed by atoms with E-state index in [-0.39, 0.29) is 6.04 Å². The third kappa shape index (κ3) is 2.93. The van der Waals surface area contributed by atoms with Crippen LogP contribution in [0.5, 0.6) is 0 Å². The lowest BCUT2D eigenvalue weighted by molar-refractivity contribution is 0.858. The molecule has 1 heterocycles. The van der Waals surface area contributed by atoms with Gasteiger partial charge < -0.3 is 5.73 Å². The molecule has 1 aromatic heterocycles. The Morgan fingerprint density at radius 2 is 1.88 bits per heavy atom. The van der Waals surface area contributed by atoms with Gasteiger partial charge in [0, 0.05) is 16.4 Å². The van der Waals surface area contributed by atoms with E-state index in [1.165, 1.54) is 5.56 Å². The molecule has 0 amide bonds. The van der Waals surface area contributed by atoms with Gasteiger partial charge in [-0.3, -0.25) is 4.98 Å². The van der Waals surface area contributed by atoms with Crippen LogP contribution in [0.4, 0.5) is 0 Å². The van der Waals surface area contributed by atoms with Crippen molar-refractivity contribution in [2.75, 3.05) is 0 Å². The van der Waals surface area contributed by atoms with E-state index in [9.17, 15) is 0 Å². The Morgan fingerprint density at radius 1 is 1.12 bits per heavy atom. The normalized spacial score (nSPS) is 12.5. The van der Waals surface area contributed by atoms with Crippen molar-refractivity contribution in [3.05, 3.63) is 63.4 Å². The summed E-state index contributed by atoms with van der Waals surface area (Å²) in [7, 11) is 0. The van der Waals surface area contributed by atoms with Gasteiger partial charge in [-0.05, 0) is 48.7 Å². The Hall–Kier alpha value is -1.19. The zero-order valence-corrected chi connectivity index (χ0v) is 11.5. The van der Waals surface area contributed by atoms with Crippen molar-refractivity contribution in [2.24, 2.45) is 5.73 Å². The van der Waals surface area contributed by atoms with Gasteiger partial charge in [-0.25, -0.2) is 0 Å².